The quantitative estimate of drug-likeness (QED) is 0.159. The zero-order valence-electron chi connectivity index (χ0n) is 35.3. The monoisotopic (exact) mass is 838 g/mol. The Kier molecular flexibility index (Phi) is 13.4. The molecule has 6 aromatic rings. The first-order valence-corrected chi connectivity index (χ1v) is 20.3. The van der Waals surface area contributed by atoms with Crippen LogP contribution in [0.3, 0.4) is 0 Å². The highest BCUT2D eigenvalue weighted by molar-refractivity contribution is 6.28. The van der Waals surface area contributed by atoms with Gasteiger partial charge in [0.2, 0.25) is 23.0 Å². The highest BCUT2D eigenvalue weighted by Crippen LogP contribution is 2.37. The van der Waals surface area contributed by atoms with Crippen molar-refractivity contribution in [2.45, 2.75) is 78.6 Å². The van der Waals surface area contributed by atoms with Crippen molar-refractivity contribution in [2.24, 2.45) is 0 Å². The maximum Gasteiger partial charge on any atom is 0.249 e. The summed E-state index contributed by atoms with van der Waals surface area (Å²) < 4.78 is 1.80. The van der Waals surface area contributed by atoms with Gasteiger partial charge in [0.1, 0.15) is 35.1 Å². The molecule has 2 aliphatic rings. The van der Waals surface area contributed by atoms with Gasteiger partial charge in [-0.2, -0.15) is 20.5 Å². The van der Waals surface area contributed by atoms with Crippen LogP contribution in [0, 0.1) is 22.7 Å². The third kappa shape index (κ3) is 8.90. The summed E-state index contributed by atoms with van der Waals surface area (Å²) in [6.07, 6.45) is 11.6. The van der Waals surface area contributed by atoms with Gasteiger partial charge in [-0.15, -0.1) is 0 Å². The van der Waals surface area contributed by atoms with Crippen LogP contribution in [0.2, 0.25) is 5.28 Å². The lowest BCUT2D eigenvalue weighted by Gasteiger charge is -2.42. The van der Waals surface area contributed by atoms with Gasteiger partial charge in [-0.1, -0.05) is 38.1 Å². The number of aromatic amines is 1. The molecule has 0 aliphatic carbocycles. The van der Waals surface area contributed by atoms with E-state index in [9.17, 15) is 14.9 Å². The first-order valence-electron chi connectivity index (χ1n) is 19.9. The molecular weight excluding hydrogens is 792 g/mol. The molecule has 2 amide bonds. The Morgan fingerprint density at radius 3 is 1.80 bits per heavy atom. The molecule has 2 atom stereocenters. The number of halogens is 1. The SMILES string of the molecule is CC[C@@H]1C(=O)N(C)c2cnc(-n3ccnc3-c3cccc(C#N)c3)nc2N1C(C)C.CC[C@@H]1C(=O)N(C)c2cnc(Cl)nc2N1C(C)C.N#Cc1cccc(-c2ncc[nH]2)c1. The van der Waals surface area contributed by atoms with Crippen molar-refractivity contribution in [1.82, 2.24) is 39.5 Å². The molecule has 0 bridgehead atoms. The number of amides is 2. The molecular formula is C44H47ClN14O2. The fourth-order valence-corrected chi connectivity index (χ4v) is 7.54. The van der Waals surface area contributed by atoms with Gasteiger partial charge in [-0.3, -0.25) is 14.2 Å². The van der Waals surface area contributed by atoms with Gasteiger partial charge in [-0.05, 0) is 76.4 Å². The lowest BCUT2D eigenvalue weighted by atomic mass is 10.1. The van der Waals surface area contributed by atoms with E-state index in [2.05, 4.69) is 60.8 Å². The van der Waals surface area contributed by atoms with Crippen molar-refractivity contribution in [1.29, 1.82) is 10.5 Å². The number of carbonyl (C=O) groups excluding carboxylic acids is 2. The summed E-state index contributed by atoms with van der Waals surface area (Å²) in [5.74, 6) is 3.49. The van der Waals surface area contributed by atoms with Crippen molar-refractivity contribution >= 4 is 46.4 Å². The van der Waals surface area contributed by atoms with Crippen LogP contribution in [-0.4, -0.2) is 89.5 Å². The minimum absolute atomic E-state index is 0.0479. The molecule has 6 heterocycles. The summed E-state index contributed by atoms with van der Waals surface area (Å²) in [5.41, 5.74) is 4.35. The lowest BCUT2D eigenvalue weighted by molar-refractivity contribution is -0.120. The molecule has 2 aliphatic heterocycles. The number of anilines is 4. The van der Waals surface area contributed by atoms with E-state index in [4.69, 9.17) is 21.8 Å². The van der Waals surface area contributed by atoms with Gasteiger partial charge in [-0.25, -0.2) is 19.9 Å². The van der Waals surface area contributed by atoms with Crippen molar-refractivity contribution < 1.29 is 9.59 Å². The maximum absolute atomic E-state index is 12.8. The number of likely N-dealkylation sites (N-methyl/N-ethyl adjacent to an activating group) is 2. The Labute approximate surface area is 360 Å². The number of aromatic nitrogens is 8. The molecule has 0 unspecified atom stereocenters. The molecule has 8 rings (SSSR count). The molecule has 61 heavy (non-hydrogen) atoms. The summed E-state index contributed by atoms with van der Waals surface area (Å²) in [6, 6.07) is 18.7. The number of carbonyl (C=O) groups is 2. The Hall–Kier alpha value is -7.17. The molecule has 4 aromatic heterocycles. The minimum Gasteiger partial charge on any atom is -0.345 e. The maximum atomic E-state index is 12.8. The second kappa shape index (κ2) is 18.8. The topological polar surface area (TPSA) is 193 Å². The van der Waals surface area contributed by atoms with Crippen LogP contribution in [0.5, 0.6) is 0 Å². The van der Waals surface area contributed by atoms with Crippen molar-refractivity contribution in [3.63, 3.8) is 0 Å². The molecule has 17 heteroatoms. The molecule has 0 saturated carbocycles. The number of fused-ring (bicyclic) bond motifs is 2. The average molecular weight is 839 g/mol. The number of hydrogen-bond donors (Lipinski definition) is 1. The van der Waals surface area contributed by atoms with Gasteiger partial charge in [0.25, 0.3) is 0 Å². The first-order chi connectivity index (χ1) is 29.3. The predicted octanol–water partition coefficient (Wildman–Crippen LogP) is 7.22. The van der Waals surface area contributed by atoms with Crippen molar-refractivity contribution in [3.05, 3.63) is 102 Å². The van der Waals surface area contributed by atoms with Gasteiger partial charge in [0.05, 0.1) is 35.7 Å². The molecule has 0 saturated heterocycles. The largest absolute Gasteiger partial charge is 0.345 e. The number of imidazole rings is 2. The second-order valence-electron chi connectivity index (χ2n) is 14.8. The molecule has 312 valence electrons. The van der Waals surface area contributed by atoms with E-state index in [1.807, 2.05) is 56.9 Å². The third-order valence-electron chi connectivity index (χ3n) is 10.3. The summed E-state index contributed by atoms with van der Waals surface area (Å²) >= 11 is 5.87. The average Bonchev–Trinajstić information content (AvgIpc) is 4.00. The summed E-state index contributed by atoms with van der Waals surface area (Å²) in [7, 11) is 3.51. The molecule has 0 spiro atoms. The van der Waals surface area contributed by atoms with E-state index in [-0.39, 0.29) is 41.3 Å². The van der Waals surface area contributed by atoms with Crippen LogP contribution in [0.25, 0.3) is 28.7 Å². The van der Waals surface area contributed by atoms with E-state index >= 15 is 0 Å². The van der Waals surface area contributed by atoms with Gasteiger partial charge < -0.3 is 24.6 Å². The number of nitriles is 2. The van der Waals surface area contributed by atoms with Crippen LogP contribution < -0.4 is 19.6 Å². The van der Waals surface area contributed by atoms with Crippen LogP contribution in [0.4, 0.5) is 23.0 Å². The fourth-order valence-electron chi connectivity index (χ4n) is 7.41. The number of benzene rings is 2. The van der Waals surface area contributed by atoms with Gasteiger partial charge >= 0.3 is 0 Å². The van der Waals surface area contributed by atoms with E-state index < -0.39 is 0 Å². The van der Waals surface area contributed by atoms with E-state index in [1.165, 1.54) is 0 Å². The molecule has 0 fully saturated rings. The molecule has 16 nitrogen and oxygen atoms in total. The number of H-pyrrole nitrogens is 1. The molecule has 1 N–H and O–H groups in total. The Morgan fingerprint density at radius 2 is 1.28 bits per heavy atom. The van der Waals surface area contributed by atoms with Crippen LogP contribution >= 0.6 is 11.6 Å². The predicted molar refractivity (Wildman–Crippen MR) is 235 cm³/mol. The van der Waals surface area contributed by atoms with E-state index in [0.29, 0.717) is 40.7 Å². The number of hydrogen-bond acceptors (Lipinski definition) is 12. The minimum atomic E-state index is -0.264. The normalized spacial score (nSPS) is 15.6. The Balaban J connectivity index is 0.000000170. The van der Waals surface area contributed by atoms with Gasteiger partial charge in [0.15, 0.2) is 11.6 Å². The number of nitrogens with zero attached hydrogens (tertiary/aromatic N) is 13. The smallest absolute Gasteiger partial charge is 0.249 e. The summed E-state index contributed by atoms with van der Waals surface area (Å²) in [5, 5.41) is 18.1. The molecule has 2 aromatic carbocycles. The number of nitrogens with one attached hydrogen (secondary N) is 1. The third-order valence-corrected chi connectivity index (χ3v) is 10.5. The number of rotatable bonds is 7. The van der Waals surface area contributed by atoms with Crippen molar-refractivity contribution in [2.75, 3.05) is 33.7 Å². The van der Waals surface area contributed by atoms with Crippen molar-refractivity contribution in [3.8, 4) is 40.9 Å². The summed E-state index contributed by atoms with van der Waals surface area (Å²) in [4.78, 5) is 61.6. The highest BCUT2D eigenvalue weighted by atomic mass is 35.5. The van der Waals surface area contributed by atoms with E-state index in [1.54, 1.807) is 89.9 Å². The van der Waals surface area contributed by atoms with Gasteiger partial charge in [0, 0.05) is 62.1 Å². The van der Waals surface area contributed by atoms with Crippen LogP contribution in [-0.2, 0) is 9.59 Å². The Morgan fingerprint density at radius 1 is 0.738 bits per heavy atom. The zero-order chi connectivity index (χ0) is 44.0. The Bertz CT molecular complexity index is 2590. The zero-order valence-corrected chi connectivity index (χ0v) is 36.1. The van der Waals surface area contributed by atoms with Crippen LogP contribution in [0.1, 0.15) is 65.5 Å². The lowest BCUT2D eigenvalue weighted by Crippen LogP contribution is -2.55. The summed E-state index contributed by atoms with van der Waals surface area (Å²) in [6.45, 7) is 12.2. The first kappa shape index (κ1) is 43.4. The molecule has 0 radical (unpaired) electrons. The fraction of sp³-hybridized carbons (Fsp3) is 0.318. The standard InChI is InChI=1S/C22H23N7O.C12H17ClN4O.C10H7N3/c1-5-17-21(30)27(4)18-13-25-22(26-20(18)29(17)14(2)3)28-10-9-24-19(28)16-8-6-7-15(11-16)12-23;1-5-8-11(18)16(4)9-6-14-12(13)15-10(9)17(8)7(2)3;11-7-8-2-1-3-9(6-8)10-12-4-5-13-10/h6-11,13-14,17H,5H2,1-4H3;6-8H,5H2,1-4H3;1-6H,(H,12,13)/t17-;8-;/m11./s1. The second-order valence-corrected chi connectivity index (χ2v) is 15.2. The van der Waals surface area contributed by atoms with E-state index in [0.717, 1.165) is 35.0 Å². The highest BCUT2D eigenvalue weighted by Gasteiger charge is 2.39. The van der Waals surface area contributed by atoms with Crippen LogP contribution in [0.15, 0.2) is 85.7 Å².